The average Bonchev–Trinajstić information content (AvgIpc) is 3.25. The molecule has 0 heterocycles. The molecular weight excluding hydrogens is 840 g/mol. The molecule has 0 spiro atoms. The summed E-state index contributed by atoms with van der Waals surface area (Å²) in [5.74, 6) is 0.138. The van der Waals surface area contributed by atoms with Crippen LogP contribution in [-0.4, -0.2) is 129 Å². The fourth-order valence-corrected chi connectivity index (χ4v) is 8.46. The van der Waals surface area contributed by atoms with Gasteiger partial charge in [-0.05, 0) is 77.0 Å². The predicted molar refractivity (Wildman–Crippen MR) is 271 cm³/mol. The number of likely N-dealkylation sites (N-methyl/N-ethyl adjacent to an activating group) is 2. The van der Waals surface area contributed by atoms with Crippen LogP contribution in [0.5, 0.6) is 0 Å². The molecule has 12 nitrogen and oxygen atoms in total. The van der Waals surface area contributed by atoms with Crippen LogP contribution in [0.15, 0.2) is 48.6 Å². The maximum atomic E-state index is 12.5. The maximum absolute atomic E-state index is 12.5. The van der Waals surface area contributed by atoms with Crippen LogP contribution in [0.4, 0.5) is 0 Å². The highest BCUT2D eigenvalue weighted by Crippen LogP contribution is 2.43. The zero-order chi connectivity index (χ0) is 48.3. The Morgan fingerprint density at radius 1 is 0.508 bits per heavy atom. The highest BCUT2D eigenvalue weighted by Gasteiger charge is 2.29. The lowest BCUT2D eigenvalue weighted by Crippen LogP contribution is -2.48. The summed E-state index contributed by atoms with van der Waals surface area (Å²) < 4.78 is 23.6. The highest BCUT2D eigenvalue weighted by molar-refractivity contribution is 7.47. The molecule has 0 aliphatic carbocycles. The smallest absolute Gasteiger partial charge is 0.385 e. The van der Waals surface area contributed by atoms with Gasteiger partial charge < -0.3 is 34.7 Å². The number of carbonyl (C=O) groups is 2. The SMILES string of the molecule is CCCCC/C=C\C/C=C\CCCCCCCC(=O)NCCC[N+](C)(C)CC(O)COP(=O)(O)OCC(O)C[N+](C)(C)CCCNC(=O)CCCCCCC/C=C\C/C=C\CCCCC. The zero-order valence-electron chi connectivity index (χ0n) is 42.5. The third-order valence-corrected chi connectivity index (χ3v) is 12.5. The van der Waals surface area contributed by atoms with E-state index in [0.717, 1.165) is 77.0 Å². The van der Waals surface area contributed by atoms with E-state index in [1.807, 2.05) is 28.2 Å². The van der Waals surface area contributed by atoms with Crippen molar-refractivity contribution in [1.29, 1.82) is 0 Å². The summed E-state index contributed by atoms with van der Waals surface area (Å²) in [5.41, 5.74) is 0. The number of aliphatic hydroxyl groups excluding tert-OH is 2. The summed E-state index contributed by atoms with van der Waals surface area (Å²) in [5, 5.41) is 27.1. The van der Waals surface area contributed by atoms with Gasteiger partial charge in [0.05, 0.1) is 54.5 Å². The molecule has 380 valence electrons. The largest absolute Gasteiger partial charge is 0.472 e. The highest BCUT2D eigenvalue weighted by atomic mass is 31.2. The Hall–Kier alpha value is -2.15. The van der Waals surface area contributed by atoms with Crippen molar-refractivity contribution < 1.29 is 47.3 Å². The minimum atomic E-state index is -4.50. The normalized spacial score (nSPS) is 14.5. The predicted octanol–water partition coefficient (Wildman–Crippen LogP) is 10.6. The average molecular weight is 941 g/mol. The quantitative estimate of drug-likeness (QED) is 0.0175. The Morgan fingerprint density at radius 3 is 1.18 bits per heavy atom. The van der Waals surface area contributed by atoms with Crippen molar-refractivity contribution in [1.82, 2.24) is 10.6 Å². The molecule has 65 heavy (non-hydrogen) atoms. The number of allylic oxidation sites excluding steroid dienone is 8. The van der Waals surface area contributed by atoms with Crippen LogP contribution in [0.25, 0.3) is 0 Å². The Morgan fingerprint density at radius 2 is 0.831 bits per heavy atom. The summed E-state index contributed by atoms with van der Waals surface area (Å²) >= 11 is 0. The molecule has 0 rings (SSSR count). The fourth-order valence-electron chi connectivity index (χ4n) is 7.67. The van der Waals surface area contributed by atoms with Gasteiger partial charge >= 0.3 is 7.82 Å². The number of hydrogen-bond donors (Lipinski definition) is 5. The van der Waals surface area contributed by atoms with E-state index in [0.29, 0.717) is 48.0 Å². The molecule has 5 N–H and O–H groups in total. The van der Waals surface area contributed by atoms with Crippen molar-refractivity contribution in [2.24, 2.45) is 0 Å². The van der Waals surface area contributed by atoms with E-state index in [4.69, 9.17) is 9.05 Å². The molecule has 2 unspecified atom stereocenters. The number of hydrogen-bond acceptors (Lipinski definition) is 7. The van der Waals surface area contributed by atoms with Crippen molar-refractivity contribution in [3.05, 3.63) is 48.6 Å². The number of carbonyl (C=O) groups excluding carboxylic acids is 2. The number of rotatable bonds is 46. The molecule has 0 aliphatic heterocycles. The van der Waals surface area contributed by atoms with Crippen LogP contribution in [0, 0.1) is 0 Å². The van der Waals surface area contributed by atoms with Crippen LogP contribution in [0.3, 0.4) is 0 Å². The van der Waals surface area contributed by atoms with Crippen LogP contribution in [0.1, 0.15) is 181 Å². The Labute approximate surface area is 398 Å². The van der Waals surface area contributed by atoms with E-state index in [9.17, 15) is 29.3 Å². The molecule has 2 atom stereocenters. The Bertz CT molecular complexity index is 1230. The minimum Gasteiger partial charge on any atom is -0.385 e. The summed E-state index contributed by atoms with van der Waals surface area (Å²) in [7, 11) is 3.30. The second-order valence-corrected chi connectivity index (χ2v) is 20.9. The standard InChI is InChI=1S/C52H99N4O8P/c1-7-9-11-13-15-17-19-21-23-25-27-29-31-33-35-39-51(59)53-41-37-43-55(3,4)45-49(57)47-63-65(61,62)64-48-50(58)46-56(5,6)44-38-42-54-52(60)40-36-34-32-30-28-26-24-22-20-18-16-14-12-10-8-2/h15-18,21-24,49-50,57-58H,7-14,19-20,25-48H2,1-6H3,(H-2,53,54,59,60,61,62)/p+2/b17-15-,18-16-,23-21-,24-22-. The van der Waals surface area contributed by atoms with Gasteiger partial charge in [-0.1, -0.05) is 127 Å². The maximum Gasteiger partial charge on any atom is 0.472 e. The van der Waals surface area contributed by atoms with Gasteiger partial charge in [0.25, 0.3) is 0 Å². The molecule has 13 heteroatoms. The number of aliphatic hydroxyl groups is 2. The zero-order valence-corrected chi connectivity index (χ0v) is 43.4. The van der Waals surface area contributed by atoms with E-state index in [1.165, 1.54) is 77.0 Å². The molecule has 0 aliphatic rings. The van der Waals surface area contributed by atoms with Crippen LogP contribution in [0.2, 0.25) is 0 Å². The summed E-state index contributed by atoms with van der Waals surface area (Å²) in [6.07, 6.45) is 44.1. The van der Waals surface area contributed by atoms with Crippen molar-refractivity contribution in [3.8, 4) is 0 Å². The fraction of sp³-hybridized carbons (Fsp3) is 0.808. The van der Waals surface area contributed by atoms with Gasteiger partial charge in [-0.3, -0.25) is 18.6 Å². The monoisotopic (exact) mass is 941 g/mol. The van der Waals surface area contributed by atoms with E-state index >= 15 is 0 Å². The van der Waals surface area contributed by atoms with Crippen LogP contribution < -0.4 is 10.6 Å². The van der Waals surface area contributed by atoms with Crippen LogP contribution in [-0.2, 0) is 23.2 Å². The first kappa shape index (κ1) is 62.8. The van der Waals surface area contributed by atoms with E-state index in [2.05, 4.69) is 73.1 Å². The van der Waals surface area contributed by atoms with Gasteiger partial charge in [-0.25, -0.2) is 4.57 Å². The topological polar surface area (TPSA) is 154 Å². The molecule has 0 aromatic carbocycles. The lowest BCUT2D eigenvalue weighted by atomic mass is 10.1. The van der Waals surface area contributed by atoms with Crippen molar-refractivity contribution in [2.45, 2.75) is 193 Å². The Balaban J connectivity index is 4.00. The molecule has 0 aromatic heterocycles. The van der Waals surface area contributed by atoms with Gasteiger partial charge in [0.2, 0.25) is 11.8 Å². The number of nitrogens with one attached hydrogen (secondary N) is 2. The third-order valence-electron chi connectivity index (χ3n) is 11.5. The molecule has 0 fully saturated rings. The molecular formula is C52H101N4O8P+2. The summed E-state index contributed by atoms with van der Waals surface area (Å²) in [6, 6.07) is 0. The van der Waals surface area contributed by atoms with Gasteiger partial charge in [-0.15, -0.1) is 0 Å². The first-order valence-electron chi connectivity index (χ1n) is 25.9. The molecule has 0 bridgehead atoms. The lowest BCUT2D eigenvalue weighted by molar-refractivity contribution is -0.893. The first-order chi connectivity index (χ1) is 31.1. The van der Waals surface area contributed by atoms with E-state index < -0.39 is 33.2 Å². The van der Waals surface area contributed by atoms with Gasteiger partial charge in [0, 0.05) is 38.8 Å². The summed E-state index contributed by atoms with van der Waals surface area (Å²) in [6.45, 7) is 6.74. The van der Waals surface area contributed by atoms with Crippen molar-refractivity contribution in [2.75, 3.05) is 80.7 Å². The molecule has 0 aromatic rings. The van der Waals surface area contributed by atoms with E-state index in [-0.39, 0.29) is 24.9 Å². The molecule has 2 amide bonds. The number of phosphoric acid groups is 1. The number of phosphoric ester groups is 1. The first-order valence-corrected chi connectivity index (χ1v) is 27.4. The number of amides is 2. The van der Waals surface area contributed by atoms with Crippen molar-refractivity contribution >= 4 is 19.6 Å². The van der Waals surface area contributed by atoms with Gasteiger partial charge in [0.1, 0.15) is 25.3 Å². The van der Waals surface area contributed by atoms with Gasteiger partial charge in [0.15, 0.2) is 0 Å². The van der Waals surface area contributed by atoms with Crippen LogP contribution >= 0.6 is 7.82 Å². The lowest BCUT2D eigenvalue weighted by Gasteiger charge is -2.32. The molecule has 0 saturated heterocycles. The second kappa shape index (κ2) is 42.0. The number of quaternary nitrogens is 2. The Kier molecular flexibility index (Phi) is 40.6. The molecule has 0 radical (unpaired) electrons. The van der Waals surface area contributed by atoms with Gasteiger partial charge in [-0.2, -0.15) is 0 Å². The second-order valence-electron chi connectivity index (χ2n) is 19.4. The van der Waals surface area contributed by atoms with E-state index in [1.54, 1.807) is 0 Å². The molecule has 0 saturated carbocycles. The van der Waals surface area contributed by atoms with Crippen molar-refractivity contribution in [3.63, 3.8) is 0 Å². The number of nitrogens with zero attached hydrogens (tertiary/aromatic N) is 2. The number of unbranched alkanes of at least 4 members (excludes halogenated alkanes) is 16. The summed E-state index contributed by atoms with van der Waals surface area (Å²) in [4.78, 5) is 34.8. The minimum absolute atomic E-state index is 0.0690. The third kappa shape index (κ3) is 45.4.